The molecule has 32 heavy (non-hydrogen) atoms. The highest BCUT2D eigenvalue weighted by atomic mass is 35.5. The monoisotopic (exact) mass is 446 g/mol. The normalized spacial score (nSPS) is 15.1. The molecule has 1 aliphatic rings. The van der Waals surface area contributed by atoms with Gasteiger partial charge in [-0.2, -0.15) is 0 Å². The van der Waals surface area contributed by atoms with Crippen LogP contribution in [0, 0.1) is 0 Å². The summed E-state index contributed by atoms with van der Waals surface area (Å²) in [4.78, 5) is 21.5. The van der Waals surface area contributed by atoms with Crippen molar-refractivity contribution in [2.75, 3.05) is 36.0 Å². The molecule has 0 saturated carbocycles. The molecule has 1 atom stereocenters. The maximum absolute atomic E-state index is 12.4. The molecule has 0 bridgehead atoms. The zero-order valence-corrected chi connectivity index (χ0v) is 18.9. The summed E-state index contributed by atoms with van der Waals surface area (Å²) < 4.78 is 0. The molecule has 164 valence electrons. The fraction of sp³-hybridized carbons (Fsp3) is 0.231. The number of carbonyl (C=O) groups is 1. The van der Waals surface area contributed by atoms with Gasteiger partial charge in [-0.15, -0.1) is 0 Å². The lowest BCUT2D eigenvalue weighted by Crippen LogP contribution is -2.46. The van der Waals surface area contributed by atoms with Crippen LogP contribution in [0.15, 0.2) is 79.0 Å². The maximum atomic E-state index is 12.4. The zero-order valence-electron chi connectivity index (χ0n) is 18.1. The van der Waals surface area contributed by atoms with Crippen LogP contribution in [0.1, 0.15) is 24.1 Å². The van der Waals surface area contributed by atoms with Gasteiger partial charge in [-0.25, -0.2) is 4.98 Å². The van der Waals surface area contributed by atoms with Crippen LogP contribution >= 0.6 is 11.6 Å². The third kappa shape index (κ3) is 5.68. The highest BCUT2D eigenvalue weighted by molar-refractivity contribution is 6.30. The van der Waals surface area contributed by atoms with E-state index in [-0.39, 0.29) is 11.9 Å². The highest BCUT2D eigenvalue weighted by Gasteiger charge is 2.19. The fourth-order valence-corrected chi connectivity index (χ4v) is 3.94. The third-order valence-corrected chi connectivity index (χ3v) is 5.90. The van der Waals surface area contributed by atoms with Crippen LogP contribution in [-0.4, -0.2) is 37.1 Å². The van der Waals surface area contributed by atoms with Crippen molar-refractivity contribution in [2.24, 2.45) is 0 Å². The molecule has 1 amide bonds. The predicted molar refractivity (Wildman–Crippen MR) is 132 cm³/mol. The van der Waals surface area contributed by atoms with E-state index >= 15 is 0 Å². The van der Waals surface area contributed by atoms with Crippen molar-refractivity contribution in [2.45, 2.75) is 13.0 Å². The summed E-state index contributed by atoms with van der Waals surface area (Å²) in [5, 5.41) is 3.73. The minimum atomic E-state index is -0.123. The smallest absolute Gasteiger partial charge is 0.244 e. The summed E-state index contributed by atoms with van der Waals surface area (Å²) in [5.74, 6) is 0.908. The first kappa shape index (κ1) is 21.9. The Morgan fingerprint density at radius 3 is 2.47 bits per heavy atom. The van der Waals surface area contributed by atoms with Crippen LogP contribution in [-0.2, 0) is 4.79 Å². The number of nitrogens with one attached hydrogen (secondary N) is 1. The third-order valence-electron chi connectivity index (χ3n) is 5.64. The molecular weight excluding hydrogens is 420 g/mol. The van der Waals surface area contributed by atoms with Gasteiger partial charge < -0.3 is 15.1 Å². The summed E-state index contributed by atoms with van der Waals surface area (Å²) >= 11 is 5.90. The Hall–Kier alpha value is -3.31. The molecular formula is C26H27ClN4O. The van der Waals surface area contributed by atoms with Crippen LogP contribution in [0.25, 0.3) is 6.08 Å². The van der Waals surface area contributed by atoms with Gasteiger partial charge in [0.25, 0.3) is 0 Å². The molecule has 0 unspecified atom stereocenters. The van der Waals surface area contributed by atoms with E-state index in [1.165, 1.54) is 5.69 Å². The van der Waals surface area contributed by atoms with Crippen LogP contribution in [0.3, 0.4) is 0 Å². The number of aromatic nitrogens is 1. The summed E-state index contributed by atoms with van der Waals surface area (Å²) in [5.41, 5.74) is 3.20. The first-order valence-electron chi connectivity index (χ1n) is 10.8. The Bertz CT molecular complexity index is 1060. The number of pyridine rings is 1. The molecule has 1 aliphatic heterocycles. The molecule has 1 aromatic heterocycles. The van der Waals surface area contributed by atoms with E-state index in [0.717, 1.165) is 43.1 Å². The summed E-state index contributed by atoms with van der Waals surface area (Å²) in [6.45, 7) is 5.74. The highest BCUT2D eigenvalue weighted by Crippen LogP contribution is 2.23. The van der Waals surface area contributed by atoms with Crippen molar-refractivity contribution in [1.82, 2.24) is 10.3 Å². The lowest BCUT2D eigenvalue weighted by atomic mass is 10.1. The van der Waals surface area contributed by atoms with E-state index in [1.54, 1.807) is 12.2 Å². The van der Waals surface area contributed by atoms with Gasteiger partial charge >= 0.3 is 0 Å². The van der Waals surface area contributed by atoms with Crippen molar-refractivity contribution < 1.29 is 4.79 Å². The van der Waals surface area contributed by atoms with Crippen LogP contribution in [0.2, 0.25) is 5.02 Å². The van der Waals surface area contributed by atoms with Gasteiger partial charge in [0, 0.05) is 49.2 Å². The van der Waals surface area contributed by atoms with Gasteiger partial charge in [0.2, 0.25) is 5.91 Å². The Morgan fingerprint density at radius 2 is 1.75 bits per heavy atom. The van der Waals surface area contributed by atoms with E-state index in [0.29, 0.717) is 5.02 Å². The quantitative estimate of drug-likeness (QED) is 0.544. The van der Waals surface area contributed by atoms with Crippen molar-refractivity contribution >= 4 is 35.1 Å². The molecule has 4 rings (SSSR count). The second kappa shape index (κ2) is 10.3. The summed E-state index contributed by atoms with van der Waals surface area (Å²) in [6, 6.07) is 21.7. The Balaban J connectivity index is 1.34. The molecule has 1 saturated heterocycles. The molecule has 3 aromatic rings. The average Bonchev–Trinajstić information content (AvgIpc) is 2.84. The zero-order chi connectivity index (χ0) is 22.3. The molecule has 6 heteroatoms. The molecule has 0 spiro atoms. The lowest BCUT2D eigenvalue weighted by Gasteiger charge is -2.37. The van der Waals surface area contributed by atoms with Crippen molar-refractivity contribution in [3.8, 4) is 0 Å². The number of nitrogens with zero attached hydrogens (tertiary/aromatic N) is 3. The molecule has 1 N–H and O–H groups in total. The standard InChI is InChI=1S/C26H27ClN4O/c1-20(29-26(32)13-10-21-8-11-23(27)12-9-21)22-5-4-6-24(19-22)30-15-17-31(18-16-30)25-7-2-3-14-28-25/h2-14,19-20H,15-18H2,1H3,(H,29,32)/t20-/m0/s1. The average molecular weight is 447 g/mol. The maximum Gasteiger partial charge on any atom is 0.244 e. The Kier molecular flexibility index (Phi) is 7.07. The van der Waals surface area contributed by atoms with Crippen LogP contribution in [0.5, 0.6) is 0 Å². The van der Waals surface area contributed by atoms with Crippen LogP contribution in [0.4, 0.5) is 11.5 Å². The number of amides is 1. The SMILES string of the molecule is C[C@H](NC(=O)C=Cc1ccc(Cl)cc1)c1cccc(N2CCN(c3ccccn3)CC2)c1. The van der Waals surface area contributed by atoms with Crippen LogP contribution < -0.4 is 15.1 Å². The number of benzene rings is 2. The molecule has 0 aliphatic carbocycles. The minimum Gasteiger partial charge on any atom is -0.368 e. The molecule has 5 nitrogen and oxygen atoms in total. The molecule has 0 radical (unpaired) electrons. The number of anilines is 2. The second-order valence-electron chi connectivity index (χ2n) is 7.87. The largest absolute Gasteiger partial charge is 0.368 e. The van der Waals surface area contributed by atoms with Gasteiger partial charge in [0.15, 0.2) is 0 Å². The lowest BCUT2D eigenvalue weighted by molar-refractivity contribution is -0.117. The van der Waals surface area contributed by atoms with Crippen molar-refractivity contribution in [3.05, 3.63) is 95.2 Å². The number of halogens is 1. The van der Waals surface area contributed by atoms with E-state index in [9.17, 15) is 4.79 Å². The van der Waals surface area contributed by atoms with E-state index in [1.807, 2.05) is 49.5 Å². The van der Waals surface area contributed by atoms with E-state index in [2.05, 4.69) is 50.4 Å². The number of hydrogen-bond acceptors (Lipinski definition) is 4. The second-order valence-corrected chi connectivity index (χ2v) is 8.31. The van der Waals surface area contributed by atoms with Gasteiger partial charge in [-0.3, -0.25) is 4.79 Å². The first-order chi connectivity index (χ1) is 15.6. The number of rotatable bonds is 6. The number of hydrogen-bond donors (Lipinski definition) is 1. The molecule has 2 aromatic carbocycles. The van der Waals surface area contributed by atoms with Gasteiger partial charge in [-0.1, -0.05) is 41.9 Å². The van der Waals surface area contributed by atoms with Gasteiger partial charge in [0.1, 0.15) is 5.82 Å². The minimum absolute atomic E-state index is 0.0906. The van der Waals surface area contributed by atoms with E-state index < -0.39 is 0 Å². The van der Waals surface area contributed by atoms with Gasteiger partial charge in [-0.05, 0) is 60.5 Å². The number of piperazine rings is 1. The Morgan fingerprint density at radius 1 is 1.00 bits per heavy atom. The first-order valence-corrected chi connectivity index (χ1v) is 11.2. The van der Waals surface area contributed by atoms with Crippen molar-refractivity contribution in [1.29, 1.82) is 0 Å². The van der Waals surface area contributed by atoms with Crippen molar-refractivity contribution in [3.63, 3.8) is 0 Å². The van der Waals surface area contributed by atoms with E-state index in [4.69, 9.17) is 11.6 Å². The fourth-order valence-electron chi connectivity index (χ4n) is 3.82. The topological polar surface area (TPSA) is 48.5 Å². The summed E-state index contributed by atoms with van der Waals surface area (Å²) in [6.07, 6.45) is 5.18. The Labute approximate surface area is 194 Å². The predicted octanol–water partition coefficient (Wildman–Crippen LogP) is 4.95. The van der Waals surface area contributed by atoms with Gasteiger partial charge in [0.05, 0.1) is 6.04 Å². The molecule has 2 heterocycles. The summed E-state index contributed by atoms with van der Waals surface area (Å²) in [7, 11) is 0. The molecule has 1 fully saturated rings. The number of carbonyl (C=O) groups excluding carboxylic acids is 1.